The molecule has 0 atom stereocenters. The zero-order chi connectivity index (χ0) is 13.8. The first-order chi connectivity index (χ1) is 9.08. The monoisotopic (exact) mass is 261 g/mol. The lowest BCUT2D eigenvalue weighted by Crippen LogP contribution is -2.26. The highest BCUT2D eigenvalue weighted by atomic mass is 16.1. The molecular formula is C13H19N5O. The molecule has 0 bridgehead atoms. The number of hydrogen-bond acceptors (Lipinski definition) is 4. The molecule has 0 saturated heterocycles. The Morgan fingerprint density at radius 2 is 2.16 bits per heavy atom. The van der Waals surface area contributed by atoms with Gasteiger partial charge in [-0.3, -0.25) is 9.48 Å². The van der Waals surface area contributed by atoms with Gasteiger partial charge in [-0.2, -0.15) is 5.10 Å². The van der Waals surface area contributed by atoms with E-state index in [0.29, 0.717) is 12.4 Å². The van der Waals surface area contributed by atoms with Gasteiger partial charge in [0, 0.05) is 44.6 Å². The minimum atomic E-state index is -0.0847. The van der Waals surface area contributed by atoms with Crippen molar-refractivity contribution in [1.29, 1.82) is 0 Å². The largest absolute Gasteiger partial charge is 0.365 e. The van der Waals surface area contributed by atoms with Crippen LogP contribution in [0.15, 0.2) is 29.5 Å². The van der Waals surface area contributed by atoms with Crippen LogP contribution in [-0.4, -0.2) is 25.9 Å². The molecule has 0 amide bonds. The standard InChI is InChI=1S/C13H19N5O/c1-10(2)18-9-7-15-12(13(18)19)14-6-4-11-5-8-17(3)16-11/h5,7-10H,4,6H2,1-3H3,(H,14,15). The van der Waals surface area contributed by atoms with Crippen molar-refractivity contribution in [2.75, 3.05) is 11.9 Å². The summed E-state index contributed by atoms with van der Waals surface area (Å²) in [5.74, 6) is 0.395. The third kappa shape index (κ3) is 3.21. The molecule has 102 valence electrons. The number of hydrogen-bond donors (Lipinski definition) is 1. The van der Waals surface area contributed by atoms with Crippen LogP contribution in [0.5, 0.6) is 0 Å². The smallest absolute Gasteiger partial charge is 0.293 e. The highest BCUT2D eigenvalue weighted by Gasteiger charge is 2.06. The van der Waals surface area contributed by atoms with Crippen molar-refractivity contribution < 1.29 is 0 Å². The summed E-state index contributed by atoms with van der Waals surface area (Å²) in [5.41, 5.74) is 0.911. The average molecular weight is 261 g/mol. The summed E-state index contributed by atoms with van der Waals surface area (Å²) in [6.07, 6.45) is 6.02. The molecular weight excluding hydrogens is 242 g/mol. The second-order valence-electron chi connectivity index (χ2n) is 4.74. The highest BCUT2D eigenvalue weighted by Crippen LogP contribution is 2.02. The molecule has 0 unspecified atom stereocenters. The first-order valence-corrected chi connectivity index (χ1v) is 6.37. The molecule has 0 aliphatic carbocycles. The Hall–Kier alpha value is -2.11. The number of rotatable bonds is 5. The fourth-order valence-corrected chi connectivity index (χ4v) is 1.86. The number of aryl methyl sites for hydroxylation is 1. The topological polar surface area (TPSA) is 64.7 Å². The zero-order valence-corrected chi connectivity index (χ0v) is 11.5. The Morgan fingerprint density at radius 3 is 2.79 bits per heavy atom. The van der Waals surface area contributed by atoms with Gasteiger partial charge in [-0.15, -0.1) is 0 Å². The van der Waals surface area contributed by atoms with E-state index >= 15 is 0 Å². The first kappa shape index (κ1) is 13.3. The second kappa shape index (κ2) is 5.69. The number of anilines is 1. The molecule has 2 aromatic heterocycles. The Kier molecular flexibility index (Phi) is 3.99. The Bertz CT molecular complexity index is 599. The molecule has 0 aliphatic heterocycles. The molecule has 19 heavy (non-hydrogen) atoms. The lowest BCUT2D eigenvalue weighted by molar-refractivity contribution is 0.575. The van der Waals surface area contributed by atoms with Crippen molar-refractivity contribution in [2.24, 2.45) is 7.05 Å². The molecule has 6 nitrogen and oxygen atoms in total. The molecule has 0 aliphatic rings. The summed E-state index contributed by atoms with van der Waals surface area (Å²) in [6, 6.07) is 2.10. The Labute approximate surface area is 112 Å². The lowest BCUT2D eigenvalue weighted by Gasteiger charge is -2.11. The van der Waals surface area contributed by atoms with Gasteiger partial charge in [-0.05, 0) is 19.9 Å². The van der Waals surface area contributed by atoms with Crippen molar-refractivity contribution >= 4 is 5.82 Å². The maximum Gasteiger partial charge on any atom is 0.293 e. The molecule has 0 spiro atoms. The van der Waals surface area contributed by atoms with E-state index in [0.717, 1.165) is 12.1 Å². The normalized spacial score (nSPS) is 10.9. The summed E-state index contributed by atoms with van der Waals surface area (Å²) in [5, 5.41) is 7.36. The van der Waals surface area contributed by atoms with E-state index < -0.39 is 0 Å². The quantitative estimate of drug-likeness (QED) is 0.878. The van der Waals surface area contributed by atoms with Crippen LogP contribution in [0.3, 0.4) is 0 Å². The minimum Gasteiger partial charge on any atom is -0.365 e. The Morgan fingerprint density at radius 1 is 1.37 bits per heavy atom. The van der Waals surface area contributed by atoms with E-state index in [1.807, 2.05) is 33.2 Å². The fourth-order valence-electron chi connectivity index (χ4n) is 1.86. The summed E-state index contributed by atoms with van der Waals surface area (Å²) in [6.45, 7) is 4.58. The third-order valence-electron chi connectivity index (χ3n) is 2.87. The van der Waals surface area contributed by atoms with Gasteiger partial charge in [-0.1, -0.05) is 0 Å². The predicted molar refractivity (Wildman–Crippen MR) is 74.3 cm³/mol. The van der Waals surface area contributed by atoms with Gasteiger partial charge in [0.2, 0.25) is 0 Å². The molecule has 0 fully saturated rings. The fraction of sp³-hybridized carbons (Fsp3) is 0.462. The van der Waals surface area contributed by atoms with Gasteiger partial charge < -0.3 is 9.88 Å². The van der Waals surface area contributed by atoms with Crippen molar-refractivity contribution in [1.82, 2.24) is 19.3 Å². The number of nitrogens with zero attached hydrogens (tertiary/aromatic N) is 4. The van der Waals surface area contributed by atoms with E-state index in [9.17, 15) is 4.79 Å². The molecule has 0 aromatic carbocycles. The maximum atomic E-state index is 12.1. The van der Waals surface area contributed by atoms with Crippen LogP contribution in [0.1, 0.15) is 25.6 Å². The summed E-state index contributed by atoms with van der Waals surface area (Å²) < 4.78 is 3.43. The SMILES string of the molecule is CC(C)n1ccnc(NCCc2ccn(C)n2)c1=O. The molecule has 1 N–H and O–H groups in total. The summed E-state index contributed by atoms with van der Waals surface area (Å²) in [7, 11) is 1.89. The van der Waals surface area contributed by atoms with E-state index in [-0.39, 0.29) is 11.6 Å². The van der Waals surface area contributed by atoms with Crippen LogP contribution >= 0.6 is 0 Å². The molecule has 2 rings (SSSR count). The highest BCUT2D eigenvalue weighted by molar-refractivity contribution is 5.31. The third-order valence-corrected chi connectivity index (χ3v) is 2.87. The van der Waals surface area contributed by atoms with E-state index in [1.165, 1.54) is 0 Å². The number of nitrogens with one attached hydrogen (secondary N) is 1. The summed E-state index contributed by atoms with van der Waals surface area (Å²) in [4.78, 5) is 16.2. The van der Waals surface area contributed by atoms with Crippen molar-refractivity contribution in [3.8, 4) is 0 Å². The van der Waals surface area contributed by atoms with Gasteiger partial charge in [0.05, 0.1) is 5.69 Å². The molecule has 0 radical (unpaired) electrons. The maximum absolute atomic E-state index is 12.1. The van der Waals surface area contributed by atoms with Gasteiger partial charge >= 0.3 is 0 Å². The van der Waals surface area contributed by atoms with Crippen molar-refractivity contribution in [3.63, 3.8) is 0 Å². The van der Waals surface area contributed by atoms with Crippen molar-refractivity contribution in [2.45, 2.75) is 26.3 Å². The van der Waals surface area contributed by atoms with E-state index in [2.05, 4.69) is 15.4 Å². The molecule has 0 saturated carbocycles. The molecule has 2 heterocycles. The van der Waals surface area contributed by atoms with E-state index in [1.54, 1.807) is 21.6 Å². The van der Waals surface area contributed by atoms with E-state index in [4.69, 9.17) is 0 Å². The molecule has 6 heteroatoms. The van der Waals surface area contributed by atoms with Crippen LogP contribution in [0.4, 0.5) is 5.82 Å². The first-order valence-electron chi connectivity index (χ1n) is 6.37. The van der Waals surface area contributed by atoms with Gasteiger partial charge in [0.15, 0.2) is 5.82 Å². The van der Waals surface area contributed by atoms with Crippen LogP contribution in [0, 0.1) is 0 Å². The average Bonchev–Trinajstić information content (AvgIpc) is 2.77. The Balaban J connectivity index is 2.00. The van der Waals surface area contributed by atoms with Gasteiger partial charge in [-0.25, -0.2) is 4.98 Å². The molecule has 2 aromatic rings. The number of aromatic nitrogens is 4. The van der Waals surface area contributed by atoms with Crippen LogP contribution < -0.4 is 10.9 Å². The zero-order valence-electron chi connectivity index (χ0n) is 11.5. The predicted octanol–water partition coefficient (Wildman–Crippen LogP) is 1.21. The van der Waals surface area contributed by atoms with Crippen molar-refractivity contribution in [3.05, 3.63) is 40.7 Å². The van der Waals surface area contributed by atoms with Crippen LogP contribution in [-0.2, 0) is 13.5 Å². The van der Waals surface area contributed by atoms with Gasteiger partial charge in [0.1, 0.15) is 0 Å². The van der Waals surface area contributed by atoms with Crippen LogP contribution in [0.2, 0.25) is 0 Å². The summed E-state index contributed by atoms with van der Waals surface area (Å²) >= 11 is 0. The second-order valence-corrected chi connectivity index (χ2v) is 4.74. The minimum absolute atomic E-state index is 0.0847. The lowest BCUT2D eigenvalue weighted by atomic mass is 10.3. The van der Waals surface area contributed by atoms with Gasteiger partial charge in [0.25, 0.3) is 5.56 Å². The van der Waals surface area contributed by atoms with Crippen LogP contribution in [0.25, 0.3) is 0 Å².